The Balaban J connectivity index is 1.40. The summed E-state index contributed by atoms with van der Waals surface area (Å²) in [6, 6.07) is 3.76. The van der Waals surface area contributed by atoms with E-state index in [2.05, 4.69) is 4.98 Å². The molecule has 1 saturated carbocycles. The number of fused-ring (bicyclic) bond motifs is 1. The molecule has 0 radical (unpaired) electrons. The Morgan fingerprint density at radius 1 is 1.26 bits per heavy atom. The van der Waals surface area contributed by atoms with E-state index in [0.29, 0.717) is 24.6 Å². The molecule has 2 atom stereocenters. The summed E-state index contributed by atoms with van der Waals surface area (Å²) >= 11 is 0. The number of aromatic nitrogens is 1. The lowest BCUT2D eigenvalue weighted by Gasteiger charge is -2.21. The molecule has 122 valence electrons. The molecule has 3 heterocycles. The van der Waals surface area contributed by atoms with Gasteiger partial charge in [0.1, 0.15) is 0 Å². The highest BCUT2D eigenvalue weighted by Gasteiger charge is 2.48. The van der Waals surface area contributed by atoms with Gasteiger partial charge < -0.3 is 9.80 Å². The van der Waals surface area contributed by atoms with Crippen molar-refractivity contribution in [3.05, 3.63) is 29.6 Å². The molecule has 1 aliphatic carbocycles. The van der Waals surface area contributed by atoms with Crippen molar-refractivity contribution in [1.82, 2.24) is 14.8 Å². The van der Waals surface area contributed by atoms with Crippen molar-refractivity contribution in [3.8, 4) is 0 Å². The van der Waals surface area contributed by atoms with E-state index in [1.165, 1.54) is 12.8 Å². The number of carbonyl (C=O) groups is 2. The first kappa shape index (κ1) is 14.7. The topological polar surface area (TPSA) is 53.5 Å². The van der Waals surface area contributed by atoms with Gasteiger partial charge in [-0.2, -0.15) is 0 Å². The maximum Gasteiger partial charge on any atom is 0.255 e. The third kappa shape index (κ3) is 2.73. The molecule has 0 unspecified atom stereocenters. The highest BCUT2D eigenvalue weighted by Crippen LogP contribution is 2.36. The molecule has 0 aromatic carbocycles. The highest BCUT2D eigenvalue weighted by atomic mass is 16.2. The van der Waals surface area contributed by atoms with Crippen molar-refractivity contribution >= 4 is 11.8 Å². The molecule has 2 saturated heterocycles. The van der Waals surface area contributed by atoms with E-state index in [-0.39, 0.29) is 17.7 Å². The Bertz CT molecular complexity index is 624. The van der Waals surface area contributed by atoms with E-state index in [4.69, 9.17) is 0 Å². The SMILES string of the molecule is CCc1ccc(C(=O)N2C[C@H]3CN(CC4CC4)C(=O)[C@H]3C2)cn1. The fraction of sp³-hybridized carbons (Fsp3) is 0.611. The smallest absolute Gasteiger partial charge is 0.255 e. The van der Waals surface area contributed by atoms with Crippen LogP contribution in [-0.4, -0.2) is 52.8 Å². The van der Waals surface area contributed by atoms with Crippen LogP contribution in [0, 0.1) is 17.8 Å². The lowest BCUT2D eigenvalue weighted by molar-refractivity contribution is -0.131. The Labute approximate surface area is 136 Å². The molecule has 5 nitrogen and oxygen atoms in total. The van der Waals surface area contributed by atoms with E-state index in [1.54, 1.807) is 6.20 Å². The van der Waals surface area contributed by atoms with Gasteiger partial charge in [0.15, 0.2) is 0 Å². The number of likely N-dealkylation sites (tertiary alicyclic amines) is 2. The van der Waals surface area contributed by atoms with Crippen LogP contribution in [-0.2, 0) is 11.2 Å². The largest absolute Gasteiger partial charge is 0.342 e. The number of carbonyl (C=O) groups excluding carboxylic acids is 2. The van der Waals surface area contributed by atoms with E-state index >= 15 is 0 Å². The van der Waals surface area contributed by atoms with Crippen LogP contribution in [0.4, 0.5) is 0 Å². The quantitative estimate of drug-likeness (QED) is 0.848. The molecule has 5 heteroatoms. The first-order valence-corrected chi connectivity index (χ1v) is 8.68. The zero-order valence-corrected chi connectivity index (χ0v) is 13.6. The van der Waals surface area contributed by atoms with E-state index < -0.39 is 0 Å². The van der Waals surface area contributed by atoms with Crippen LogP contribution in [0.2, 0.25) is 0 Å². The first-order chi connectivity index (χ1) is 11.2. The second-order valence-corrected chi connectivity index (χ2v) is 7.16. The molecule has 23 heavy (non-hydrogen) atoms. The minimum atomic E-state index is 0.0103. The van der Waals surface area contributed by atoms with Gasteiger partial charge in [0.25, 0.3) is 5.91 Å². The second-order valence-electron chi connectivity index (χ2n) is 7.16. The van der Waals surface area contributed by atoms with Crippen molar-refractivity contribution in [2.45, 2.75) is 26.2 Å². The Morgan fingerprint density at radius 2 is 2.09 bits per heavy atom. The molecular formula is C18H23N3O2. The number of pyridine rings is 1. The summed E-state index contributed by atoms with van der Waals surface area (Å²) in [4.78, 5) is 33.3. The summed E-state index contributed by atoms with van der Waals surface area (Å²) in [6.07, 6.45) is 5.07. The second kappa shape index (κ2) is 5.62. The zero-order valence-electron chi connectivity index (χ0n) is 13.6. The molecule has 1 aromatic rings. The molecule has 2 aliphatic heterocycles. The van der Waals surface area contributed by atoms with E-state index in [9.17, 15) is 9.59 Å². The third-order valence-corrected chi connectivity index (χ3v) is 5.42. The molecule has 4 rings (SSSR count). The van der Waals surface area contributed by atoms with Crippen molar-refractivity contribution in [3.63, 3.8) is 0 Å². The molecule has 0 N–H and O–H groups in total. The summed E-state index contributed by atoms with van der Waals surface area (Å²) in [7, 11) is 0. The molecule has 0 bridgehead atoms. The monoisotopic (exact) mass is 313 g/mol. The normalized spacial score (nSPS) is 26.7. The van der Waals surface area contributed by atoms with Gasteiger partial charge in [-0.3, -0.25) is 14.6 Å². The molecule has 2 amide bonds. The average molecular weight is 313 g/mol. The van der Waals surface area contributed by atoms with Crippen LogP contribution in [0.25, 0.3) is 0 Å². The van der Waals surface area contributed by atoms with Crippen molar-refractivity contribution in [1.29, 1.82) is 0 Å². The van der Waals surface area contributed by atoms with Crippen molar-refractivity contribution in [2.75, 3.05) is 26.2 Å². The fourth-order valence-corrected chi connectivity index (χ4v) is 3.83. The van der Waals surface area contributed by atoms with Gasteiger partial charge in [-0.05, 0) is 37.3 Å². The summed E-state index contributed by atoms with van der Waals surface area (Å²) in [5, 5.41) is 0. The Morgan fingerprint density at radius 3 is 2.70 bits per heavy atom. The number of hydrogen-bond acceptors (Lipinski definition) is 3. The van der Waals surface area contributed by atoms with Crippen LogP contribution >= 0.6 is 0 Å². The summed E-state index contributed by atoms with van der Waals surface area (Å²) < 4.78 is 0. The zero-order chi connectivity index (χ0) is 16.0. The molecule has 1 aromatic heterocycles. The van der Waals surface area contributed by atoms with Gasteiger partial charge in [-0.1, -0.05) is 6.92 Å². The van der Waals surface area contributed by atoms with Gasteiger partial charge in [0.05, 0.1) is 11.5 Å². The van der Waals surface area contributed by atoms with Crippen LogP contribution in [0.15, 0.2) is 18.3 Å². The van der Waals surface area contributed by atoms with Gasteiger partial charge in [-0.25, -0.2) is 0 Å². The summed E-state index contributed by atoms with van der Waals surface area (Å²) in [5.41, 5.74) is 1.62. The van der Waals surface area contributed by atoms with E-state index in [0.717, 1.165) is 31.1 Å². The minimum absolute atomic E-state index is 0.0103. The van der Waals surface area contributed by atoms with Gasteiger partial charge in [-0.15, -0.1) is 0 Å². The van der Waals surface area contributed by atoms with Gasteiger partial charge >= 0.3 is 0 Å². The first-order valence-electron chi connectivity index (χ1n) is 8.68. The van der Waals surface area contributed by atoms with Gasteiger partial charge in [0.2, 0.25) is 5.91 Å². The predicted octanol–water partition coefficient (Wildman–Crippen LogP) is 1.58. The maximum absolute atomic E-state index is 12.6. The van der Waals surface area contributed by atoms with Gasteiger partial charge in [0, 0.05) is 44.0 Å². The Kier molecular flexibility index (Phi) is 3.58. The molecule has 3 fully saturated rings. The van der Waals surface area contributed by atoms with Crippen molar-refractivity contribution < 1.29 is 9.59 Å². The molecule has 3 aliphatic rings. The predicted molar refractivity (Wildman–Crippen MR) is 85.8 cm³/mol. The number of rotatable bonds is 4. The van der Waals surface area contributed by atoms with Crippen LogP contribution in [0.1, 0.15) is 35.8 Å². The van der Waals surface area contributed by atoms with Crippen LogP contribution in [0.5, 0.6) is 0 Å². The standard InChI is InChI=1S/C18H23N3O2/c1-2-15-6-5-13(7-19-15)17(22)21-10-14-9-20(8-12-3-4-12)18(23)16(14)11-21/h5-7,12,14,16H,2-4,8-11H2,1H3/t14-,16+/m1/s1. The maximum atomic E-state index is 12.6. The van der Waals surface area contributed by atoms with Crippen LogP contribution < -0.4 is 0 Å². The number of amides is 2. The number of aryl methyl sites for hydroxylation is 1. The highest BCUT2D eigenvalue weighted by molar-refractivity contribution is 5.95. The number of nitrogens with zero attached hydrogens (tertiary/aromatic N) is 3. The fourth-order valence-electron chi connectivity index (χ4n) is 3.83. The Hall–Kier alpha value is -1.91. The average Bonchev–Trinajstić information content (AvgIpc) is 3.22. The van der Waals surface area contributed by atoms with Crippen molar-refractivity contribution in [2.24, 2.45) is 17.8 Å². The molecule has 0 spiro atoms. The summed E-state index contributed by atoms with van der Waals surface area (Å²) in [5.74, 6) is 1.33. The number of hydrogen-bond donors (Lipinski definition) is 0. The third-order valence-electron chi connectivity index (χ3n) is 5.42. The molecular weight excluding hydrogens is 290 g/mol. The van der Waals surface area contributed by atoms with Crippen LogP contribution in [0.3, 0.4) is 0 Å². The lowest BCUT2D eigenvalue weighted by atomic mass is 10.0. The van der Waals surface area contributed by atoms with E-state index in [1.807, 2.05) is 28.9 Å². The minimum Gasteiger partial charge on any atom is -0.342 e. The lowest BCUT2D eigenvalue weighted by Crippen LogP contribution is -2.36. The summed E-state index contributed by atoms with van der Waals surface area (Å²) in [6.45, 7) is 5.08.